The first kappa shape index (κ1) is 28.8. The van der Waals surface area contributed by atoms with Gasteiger partial charge >= 0.3 is 0 Å². The average Bonchev–Trinajstić information content (AvgIpc) is 3.46. The van der Waals surface area contributed by atoms with Gasteiger partial charge in [-0.1, -0.05) is 18.2 Å². The molecule has 5 atom stereocenters. The number of fused-ring (bicyclic) bond motifs is 3. The maximum Gasteiger partial charge on any atom is 0.252 e. The number of carbonyl (C=O) groups is 1. The zero-order valence-corrected chi connectivity index (χ0v) is 24.3. The van der Waals surface area contributed by atoms with Crippen molar-refractivity contribution in [3.8, 4) is 0 Å². The molecule has 222 valence electrons. The van der Waals surface area contributed by atoms with E-state index in [1.165, 1.54) is 0 Å². The summed E-state index contributed by atoms with van der Waals surface area (Å²) < 4.78 is 30.2. The molecule has 3 fully saturated rings. The second kappa shape index (κ2) is 11.8. The van der Waals surface area contributed by atoms with Crippen molar-refractivity contribution in [1.29, 1.82) is 0 Å². The first-order chi connectivity index (χ1) is 20.1. The monoisotopic (exact) mass is 575 g/mol. The van der Waals surface area contributed by atoms with Gasteiger partial charge < -0.3 is 29.0 Å². The van der Waals surface area contributed by atoms with E-state index in [0.29, 0.717) is 19.6 Å². The minimum atomic E-state index is -0.908. The van der Waals surface area contributed by atoms with Crippen LogP contribution in [0.2, 0.25) is 0 Å². The normalized spacial score (nSPS) is 27.4. The van der Waals surface area contributed by atoms with E-state index < -0.39 is 42.3 Å². The van der Waals surface area contributed by atoms with Crippen LogP contribution >= 0.6 is 0 Å². The Morgan fingerprint density at radius 1 is 0.762 bits per heavy atom. The zero-order valence-electron chi connectivity index (χ0n) is 24.3. The van der Waals surface area contributed by atoms with Crippen LogP contribution in [0.3, 0.4) is 0 Å². The maximum atomic E-state index is 13.3. The van der Waals surface area contributed by atoms with Crippen molar-refractivity contribution >= 4 is 5.91 Å². The van der Waals surface area contributed by atoms with Gasteiger partial charge in [0.25, 0.3) is 5.91 Å². The van der Waals surface area contributed by atoms with Crippen LogP contribution in [0.5, 0.6) is 0 Å². The standard InChI is InChI=1S/C31H37N5O6/c1-30(2)39-24-25(40-30)27-29(42-31(3,4)41-27)38-26(24)28(37)35-16-20-11-12-23(34-15-20)19-36(17-21-9-5-7-13-32-21)18-22-10-6-8-14-33-22/h5-15,24-27,29H,16-19H2,1-4H3,(H,35,37)/t24-,25+,26?,27-,29?/m1/s1. The lowest BCUT2D eigenvalue weighted by atomic mass is 9.98. The Kier molecular flexibility index (Phi) is 8.05. The highest BCUT2D eigenvalue weighted by Crippen LogP contribution is 2.44. The summed E-state index contributed by atoms with van der Waals surface area (Å²) in [6.45, 7) is 9.49. The summed E-state index contributed by atoms with van der Waals surface area (Å²) >= 11 is 0. The van der Waals surface area contributed by atoms with Gasteiger partial charge in [0.15, 0.2) is 24.0 Å². The highest BCUT2D eigenvalue weighted by Gasteiger charge is 2.62. The number of ether oxygens (including phenoxy) is 5. The number of nitrogens with zero attached hydrogens (tertiary/aromatic N) is 4. The van der Waals surface area contributed by atoms with Crippen molar-refractivity contribution in [1.82, 2.24) is 25.2 Å². The second-order valence-electron chi connectivity index (χ2n) is 11.8. The Bertz CT molecular complexity index is 1320. The fourth-order valence-electron chi connectivity index (χ4n) is 5.60. The van der Waals surface area contributed by atoms with Crippen molar-refractivity contribution in [2.75, 3.05) is 0 Å². The van der Waals surface area contributed by atoms with E-state index in [4.69, 9.17) is 23.7 Å². The lowest BCUT2D eigenvalue weighted by Crippen LogP contribution is -2.59. The molecule has 0 bridgehead atoms. The van der Waals surface area contributed by atoms with E-state index in [0.717, 1.165) is 22.6 Å². The summed E-state index contributed by atoms with van der Waals surface area (Å²) in [5.41, 5.74) is 3.72. The Balaban J connectivity index is 1.08. The number of rotatable bonds is 9. The second-order valence-corrected chi connectivity index (χ2v) is 11.8. The average molecular weight is 576 g/mol. The summed E-state index contributed by atoms with van der Waals surface area (Å²) in [6, 6.07) is 15.8. The molecule has 0 saturated carbocycles. The topological polar surface area (TPSA) is 117 Å². The molecule has 2 unspecified atom stereocenters. The SMILES string of the molecule is CC1(C)OC2OC(C(=O)NCc3ccc(CN(Cc4ccccn4)Cc4ccccn4)nc3)[C@@H]3OC(C)(C)O[C@@H]3[C@H]2O1. The molecule has 6 heterocycles. The summed E-state index contributed by atoms with van der Waals surface area (Å²) in [6.07, 6.45) is 2.15. The fraction of sp³-hybridized carbons (Fsp3) is 0.484. The van der Waals surface area contributed by atoms with Crippen molar-refractivity contribution in [3.05, 3.63) is 89.8 Å². The molecule has 11 heteroatoms. The van der Waals surface area contributed by atoms with Crippen LogP contribution in [0.1, 0.15) is 50.3 Å². The molecule has 3 aromatic rings. The number of hydrogen-bond acceptors (Lipinski definition) is 10. The molecule has 42 heavy (non-hydrogen) atoms. The van der Waals surface area contributed by atoms with Gasteiger partial charge in [0.2, 0.25) is 0 Å². The van der Waals surface area contributed by atoms with Gasteiger partial charge in [-0.2, -0.15) is 0 Å². The Morgan fingerprint density at radius 3 is 1.95 bits per heavy atom. The van der Waals surface area contributed by atoms with E-state index in [-0.39, 0.29) is 12.5 Å². The van der Waals surface area contributed by atoms with Crippen LogP contribution in [-0.2, 0) is 54.7 Å². The fourth-order valence-corrected chi connectivity index (χ4v) is 5.60. The number of carbonyl (C=O) groups excluding carboxylic acids is 1. The van der Waals surface area contributed by atoms with Gasteiger partial charge in [0.05, 0.1) is 17.1 Å². The molecule has 1 amide bonds. The quantitative estimate of drug-likeness (QED) is 0.408. The lowest BCUT2D eigenvalue weighted by Gasteiger charge is -2.36. The number of aromatic nitrogens is 3. The molecule has 0 radical (unpaired) electrons. The molecule has 0 spiro atoms. The van der Waals surface area contributed by atoms with Gasteiger partial charge in [0, 0.05) is 44.8 Å². The summed E-state index contributed by atoms with van der Waals surface area (Å²) in [7, 11) is 0. The largest absolute Gasteiger partial charge is 0.350 e. The minimum absolute atomic E-state index is 0.288. The number of pyridine rings is 3. The lowest BCUT2D eigenvalue weighted by molar-refractivity contribution is -0.231. The third-order valence-electron chi connectivity index (χ3n) is 7.37. The van der Waals surface area contributed by atoms with E-state index in [1.54, 1.807) is 18.6 Å². The molecule has 3 saturated heterocycles. The zero-order chi connectivity index (χ0) is 29.3. The van der Waals surface area contributed by atoms with Crippen molar-refractivity contribution < 1.29 is 28.5 Å². The molecule has 6 rings (SSSR count). The predicted octanol–water partition coefficient (Wildman–Crippen LogP) is 3.09. The Hall–Kier alpha value is -3.32. The molecule has 3 aromatic heterocycles. The first-order valence-corrected chi connectivity index (χ1v) is 14.2. The van der Waals surface area contributed by atoms with Crippen molar-refractivity contribution in [2.45, 2.75) is 96.2 Å². The molecular weight excluding hydrogens is 538 g/mol. The van der Waals surface area contributed by atoms with Crippen LogP contribution in [0.25, 0.3) is 0 Å². The first-order valence-electron chi connectivity index (χ1n) is 14.2. The predicted molar refractivity (Wildman–Crippen MR) is 150 cm³/mol. The van der Waals surface area contributed by atoms with Gasteiger partial charge in [-0.3, -0.25) is 24.6 Å². The maximum absolute atomic E-state index is 13.3. The molecule has 1 N–H and O–H groups in total. The highest BCUT2D eigenvalue weighted by atomic mass is 16.9. The van der Waals surface area contributed by atoms with E-state index in [9.17, 15) is 4.79 Å². The highest BCUT2D eigenvalue weighted by molar-refractivity contribution is 5.81. The van der Waals surface area contributed by atoms with Crippen LogP contribution in [-0.4, -0.2) is 68.0 Å². The number of amides is 1. The van der Waals surface area contributed by atoms with E-state index >= 15 is 0 Å². The van der Waals surface area contributed by atoms with Crippen LogP contribution in [0.4, 0.5) is 0 Å². The third-order valence-corrected chi connectivity index (χ3v) is 7.37. The third kappa shape index (κ3) is 6.67. The van der Waals surface area contributed by atoms with Crippen LogP contribution < -0.4 is 5.32 Å². The van der Waals surface area contributed by atoms with Gasteiger partial charge in [-0.15, -0.1) is 0 Å². The molecule has 3 aliphatic heterocycles. The minimum Gasteiger partial charge on any atom is -0.350 e. The van der Waals surface area contributed by atoms with Crippen molar-refractivity contribution in [2.24, 2.45) is 0 Å². The molecule has 0 aliphatic carbocycles. The summed E-state index contributed by atoms with van der Waals surface area (Å²) in [4.78, 5) is 29.2. The smallest absolute Gasteiger partial charge is 0.252 e. The number of hydrogen-bond donors (Lipinski definition) is 1. The molecule has 11 nitrogen and oxygen atoms in total. The van der Waals surface area contributed by atoms with Crippen molar-refractivity contribution in [3.63, 3.8) is 0 Å². The molecule has 0 aromatic carbocycles. The Morgan fingerprint density at radius 2 is 1.36 bits per heavy atom. The molecule has 3 aliphatic rings. The van der Waals surface area contributed by atoms with Crippen LogP contribution in [0.15, 0.2) is 67.1 Å². The number of nitrogens with one attached hydrogen (secondary N) is 1. The Labute approximate surface area is 245 Å². The summed E-state index contributed by atoms with van der Waals surface area (Å²) in [5.74, 6) is -2.03. The molecular formula is C31H37N5O6. The van der Waals surface area contributed by atoms with Gasteiger partial charge in [-0.05, 0) is 63.6 Å². The van der Waals surface area contributed by atoms with Gasteiger partial charge in [0.1, 0.15) is 18.3 Å². The van der Waals surface area contributed by atoms with Crippen LogP contribution in [0, 0.1) is 0 Å². The van der Waals surface area contributed by atoms with E-state index in [2.05, 4.69) is 25.2 Å². The van der Waals surface area contributed by atoms with E-state index in [1.807, 2.05) is 76.2 Å². The summed E-state index contributed by atoms with van der Waals surface area (Å²) in [5, 5.41) is 2.97. The van der Waals surface area contributed by atoms with Gasteiger partial charge in [-0.25, -0.2) is 0 Å².